The van der Waals surface area contributed by atoms with Crippen LogP contribution >= 0.6 is 0 Å². The summed E-state index contributed by atoms with van der Waals surface area (Å²) in [6, 6.07) is 4.77. The lowest BCUT2D eigenvalue weighted by Crippen LogP contribution is -2.50. The molecule has 0 bridgehead atoms. The van der Waals surface area contributed by atoms with Crippen LogP contribution in [0.25, 0.3) is 12.2 Å². The molecule has 1 fully saturated rings. The number of likely N-dealkylation sites (tertiary alicyclic amines) is 1. The van der Waals surface area contributed by atoms with Gasteiger partial charge in [-0.15, -0.1) is 0 Å². The molecule has 0 spiro atoms. The number of halogens is 4. The highest BCUT2D eigenvalue weighted by Crippen LogP contribution is 2.37. The number of carbonyl (C=O) groups excluding carboxylic acids is 1. The van der Waals surface area contributed by atoms with Crippen LogP contribution in [-0.4, -0.2) is 53.5 Å². The molecule has 0 atom stereocenters. The first-order valence-corrected chi connectivity index (χ1v) is 9.86. The van der Waals surface area contributed by atoms with E-state index in [4.69, 9.17) is 4.74 Å². The lowest BCUT2D eigenvalue weighted by atomic mass is 9.91. The van der Waals surface area contributed by atoms with E-state index in [1.807, 2.05) is 24.6 Å². The van der Waals surface area contributed by atoms with E-state index in [0.29, 0.717) is 16.9 Å². The van der Waals surface area contributed by atoms with E-state index in [2.05, 4.69) is 11.6 Å². The maximum atomic E-state index is 13.1. The van der Waals surface area contributed by atoms with Gasteiger partial charge in [0.2, 0.25) is 0 Å². The molecule has 1 aliphatic heterocycles. The van der Waals surface area contributed by atoms with Crippen molar-refractivity contribution >= 4 is 23.7 Å². The summed E-state index contributed by atoms with van der Waals surface area (Å²) in [6.45, 7) is 3.04. The van der Waals surface area contributed by atoms with E-state index >= 15 is 0 Å². The maximum Gasteiger partial charge on any atom is 0.387 e. The number of aromatic nitrogens is 2. The zero-order valence-corrected chi connectivity index (χ0v) is 17.9. The molecule has 0 N–H and O–H groups in total. The van der Waals surface area contributed by atoms with Crippen molar-refractivity contribution < 1.29 is 27.1 Å². The average molecular weight is 452 g/mol. The summed E-state index contributed by atoms with van der Waals surface area (Å²) in [7, 11) is 3.50. The Kier molecular flexibility index (Phi) is 6.90. The van der Waals surface area contributed by atoms with Crippen LogP contribution in [0.15, 0.2) is 36.8 Å². The highest BCUT2D eigenvalue weighted by Gasteiger charge is 2.36. The largest absolute Gasteiger partial charge is 0.433 e. The number of alkyl halides is 4. The summed E-state index contributed by atoms with van der Waals surface area (Å²) in [5.74, 6) is -1.53. The Bertz CT molecular complexity index is 1120. The molecule has 0 radical (unpaired) electrons. The van der Waals surface area contributed by atoms with Crippen molar-refractivity contribution in [3.8, 4) is 5.75 Å². The lowest BCUT2D eigenvalue weighted by Gasteiger charge is -2.39. The summed E-state index contributed by atoms with van der Waals surface area (Å²) >= 11 is 0. The second kappa shape index (κ2) is 9.46. The minimum absolute atomic E-state index is 0.0690. The Hall–Kier alpha value is -3.30. The first-order chi connectivity index (χ1) is 15.1. The van der Waals surface area contributed by atoms with Gasteiger partial charge in [-0.05, 0) is 30.7 Å². The van der Waals surface area contributed by atoms with E-state index in [1.165, 1.54) is 6.07 Å². The second-order valence-corrected chi connectivity index (χ2v) is 7.46. The SMILES string of the molecule is C=C(/C=c1\c(=C/C)ncn1C)N(C)c1ccc(C2CN(C(=O)C(F)F)C2)cc1OC(F)F. The Morgan fingerprint density at radius 1 is 1.31 bits per heavy atom. The molecular formula is C22H24F4N4O2. The van der Waals surface area contributed by atoms with Crippen molar-refractivity contribution in [2.45, 2.75) is 25.9 Å². The van der Waals surface area contributed by atoms with Gasteiger partial charge in [-0.2, -0.15) is 17.6 Å². The van der Waals surface area contributed by atoms with Gasteiger partial charge in [0.1, 0.15) is 5.75 Å². The smallest absolute Gasteiger partial charge is 0.387 e. The Morgan fingerprint density at radius 3 is 2.59 bits per heavy atom. The first kappa shape index (κ1) is 23.4. The molecule has 2 heterocycles. The van der Waals surface area contributed by atoms with Gasteiger partial charge in [-0.25, -0.2) is 4.98 Å². The third kappa shape index (κ3) is 4.79. The number of carbonyl (C=O) groups is 1. The van der Waals surface area contributed by atoms with Crippen LogP contribution in [0.5, 0.6) is 5.75 Å². The normalized spacial score (nSPS) is 15.5. The van der Waals surface area contributed by atoms with Crippen LogP contribution in [0.2, 0.25) is 0 Å². The van der Waals surface area contributed by atoms with E-state index in [-0.39, 0.29) is 24.8 Å². The molecule has 32 heavy (non-hydrogen) atoms. The monoisotopic (exact) mass is 452 g/mol. The molecule has 6 nitrogen and oxygen atoms in total. The fourth-order valence-electron chi connectivity index (χ4n) is 3.52. The summed E-state index contributed by atoms with van der Waals surface area (Å²) < 4.78 is 57.8. The molecule has 1 aromatic carbocycles. The number of nitrogens with zero attached hydrogens (tertiary/aromatic N) is 4. The number of anilines is 1. The molecule has 2 aromatic rings. The summed E-state index contributed by atoms with van der Waals surface area (Å²) in [6.07, 6.45) is 2.23. The highest BCUT2D eigenvalue weighted by molar-refractivity contribution is 5.80. The van der Waals surface area contributed by atoms with Crippen LogP contribution in [0.3, 0.4) is 0 Å². The first-order valence-electron chi connectivity index (χ1n) is 9.86. The number of hydrogen-bond acceptors (Lipinski definition) is 4. The number of aryl methyl sites for hydroxylation is 1. The molecule has 3 rings (SSSR count). The number of allylic oxidation sites excluding steroid dienone is 1. The van der Waals surface area contributed by atoms with Crippen LogP contribution in [-0.2, 0) is 11.8 Å². The number of hydrogen-bond donors (Lipinski definition) is 0. The number of ether oxygens (including phenoxy) is 1. The van der Waals surface area contributed by atoms with Gasteiger partial charge >= 0.3 is 13.0 Å². The van der Waals surface area contributed by atoms with Crippen LogP contribution < -0.4 is 20.3 Å². The van der Waals surface area contributed by atoms with Gasteiger partial charge in [0, 0.05) is 38.8 Å². The van der Waals surface area contributed by atoms with Crippen LogP contribution in [0, 0.1) is 0 Å². The predicted octanol–water partition coefficient (Wildman–Crippen LogP) is 2.44. The molecule has 1 amide bonds. The molecule has 1 aliphatic rings. The maximum absolute atomic E-state index is 13.1. The third-order valence-electron chi connectivity index (χ3n) is 5.43. The topological polar surface area (TPSA) is 50.6 Å². The summed E-state index contributed by atoms with van der Waals surface area (Å²) in [5, 5.41) is 1.56. The molecule has 10 heteroatoms. The fraction of sp³-hybridized carbons (Fsp3) is 0.364. The summed E-state index contributed by atoms with van der Waals surface area (Å²) in [4.78, 5) is 18.3. The van der Waals surface area contributed by atoms with E-state index in [1.54, 1.807) is 36.5 Å². The van der Waals surface area contributed by atoms with Crippen LogP contribution in [0.4, 0.5) is 23.2 Å². The van der Waals surface area contributed by atoms with Crippen molar-refractivity contribution in [1.29, 1.82) is 0 Å². The lowest BCUT2D eigenvalue weighted by molar-refractivity contribution is -0.147. The van der Waals surface area contributed by atoms with Crippen molar-refractivity contribution in [3.05, 3.63) is 53.1 Å². The Morgan fingerprint density at radius 2 is 2.00 bits per heavy atom. The molecule has 0 unspecified atom stereocenters. The number of imidazole rings is 1. The molecule has 0 saturated carbocycles. The van der Waals surface area contributed by atoms with Gasteiger partial charge in [-0.1, -0.05) is 18.7 Å². The van der Waals surface area contributed by atoms with Crippen molar-refractivity contribution in [1.82, 2.24) is 14.5 Å². The Balaban J connectivity index is 1.87. The predicted molar refractivity (Wildman–Crippen MR) is 113 cm³/mol. The van der Waals surface area contributed by atoms with Crippen LogP contribution in [0.1, 0.15) is 18.4 Å². The zero-order chi connectivity index (χ0) is 23.6. The molecule has 1 saturated heterocycles. The Labute approximate surface area is 182 Å². The average Bonchev–Trinajstić information content (AvgIpc) is 3.05. The highest BCUT2D eigenvalue weighted by atomic mass is 19.3. The minimum Gasteiger partial charge on any atom is -0.433 e. The summed E-state index contributed by atoms with van der Waals surface area (Å²) in [5.41, 5.74) is 1.50. The molecule has 1 aromatic heterocycles. The van der Waals surface area contributed by atoms with Crippen molar-refractivity contribution in [2.24, 2.45) is 7.05 Å². The van der Waals surface area contributed by atoms with Gasteiger partial charge in [0.15, 0.2) is 0 Å². The second-order valence-electron chi connectivity index (χ2n) is 7.46. The number of rotatable bonds is 7. The minimum atomic E-state index is -3.06. The number of amides is 1. The standard InChI is InChI=1S/C22H24F4N4O2/c1-5-16-18(28(3)12-27-16)8-13(2)29(4)17-7-6-14(9-19(17)32-22(25)26)15-10-30(11-15)21(31)20(23)24/h5-9,12,15,20,22H,2,10-11H2,1,3-4H3/b16-5+,18-8+. The van der Waals surface area contributed by atoms with Gasteiger partial charge in [-0.3, -0.25) is 4.79 Å². The third-order valence-corrected chi connectivity index (χ3v) is 5.43. The fourth-order valence-corrected chi connectivity index (χ4v) is 3.52. The molecule has 172 valence electrons. The van der Waals surface area contributed by atoms with E-state index in [0.717, 1.165) is 15.6 Å². The van der Waals surface area contributed by atoms with E-state index < -0.39 is 18.9 Å². The quantitative estimate of drug-likeness (QED) is 0.606. The van der Waals surface area contributed by atoms with Gasteiger partial charge in [0.05, 0.1) is 22.7 Å². The number of benzene rings is 1. The van der Waals surface area contributed by atoms with Gasteiger partial charge in [0.25, 0.3) is 5.91 Å². The molecule has 0 aliphatic carbocycles. The van der Waals surface area contributed by atoms with E-state index in [9.17, 15) is 22.4 Å². The molecular weight excluding hydrogens is 428 g/mol. The van der Waals surface area contributed by atoms with Gasteiger partial charge < -0.3 is 19.1 Å². The zero-order valence-electron chi connectivity index (χ0n) is 17.9. The van der Waals surface area contributed by atoms with Crippen molar-refractivity contribution in [2.75, 3.05) is 25.0 Å². The van der Waals surface area contributed by atoms with Crippen molar-refractivity contribution in [3.63, 3.8) is 0 Å².